The molecule has 13 heteroatoms. The fraction of sp³-hybridized carbons (Fsp3) is 0.462. The zero-order chi connectivity index (χ0) is 36.0. The molecule has 1 atom stereocenters. The van der Waals surface area contributed by atoms with Crippen LogP contribution in [-0.2, 0) is 4.79 Å². The smallest absolute Gasteiger partial charge is 0.259 e. The molecule has 4 rings (SSSR count). The van der Waals surface area contributed by atoms with E-state index in [4.69, 9.17) is 19.9 Å². The molecule has 2 amide bonds. The van der Waals surface area contributed by atoms with Gasteiger partial charge in [0, 0.05) is 31.7 Å². The summed E-state index contributed by atoms with van der Waals surface area (Å²) in [5.41, 5.74) is 8.41. The molecule has 1 heterocycles. The van der Waals surface area contributed by atoms with Crippen LogP contribution in [-0.4, -0.2) is 101 Å². The number of nitrogens with two attached hydrogens (primary N) is 1. The van der Waals surface area contributed by atoms with Crippen molar-refractivity contribution in [3.63, 3.8) is 0 Å². The molecule has 11 nitrogen and oxygen atoms in total. The van der Waals surface area contributed by atoms with Crippen LogP contribution >= 0.6 is 24.8 Å². The van der Waals surface area contributed by atoms with Gasteiger partial charge in [0.1, 0.15) is 23.5 Å². The van der Waals surface area contributed by atoms with Crippen molar-refractivity contribution >= 4 is 54.3 Å². The van der Waals surface area contributed by atoms with Crippen molar-refractivity contribution in [1.29, 1.82) is 0 Å². The average molecular weight is 761 g/mol. The van der Waals surface area contributed by atoms with E-state index in [1.165, 1.54) is 7.11 Å². The fourth-order valence-electron chi connectivity index (χ4n) is 6.19. The average Bonchev–Trinajstić information content (AvgIpc) is 3.13. The van der Waals surface area contributed by atoms with E-state index >= 15 is 0 Å². The lowest BCUT2D eigenvalue weighted by molar-refractivity contribution is -0.113. The normalized spacial score (nSPS) is 13.7. The van der Waals surface area contributed by atoms with Crippen molar-refractivity contribution in [2.45, 2.75) is 57.5 Å². The van der Waals surface area contributed by atoms with Crippen LogP contribution in [0.15, 0.2) is 60.7 Å². The number of unbranched alkanes of at least 4 members (excludes halogenated alkanes) is 1. The molecule has 3 aromatic carbocycles. The first-order chi connectivity index (χ1) is 24.2. The van der Waals surface area contributed by atoms with Crippen LogP contribution < -0.4 is 30.2 Å². The monoisotopic (exact) mass is 759 g/mol. The summed E-state index contributed by atoms with van der Waals surface area (Å²) in [4.78, 5) is 45.0. The Morgan fingerprint density at radius 1 is 0.923 bits per heavy atom. The molecule has 3 aromatic rings. The highest BCUT2D eigenvalue weighted by molar-refractivity contribution is 6.09. The van der Waals surface area contributed by atoms with Gasteiger partial charge in [0.05, 0.1) is 43.3 Å². The Kier molecular flexibility index (Phi) is 19.0. The lowest BCUT2D eigenvalue weighted by atomic mass is 10.0. The minimum absolute atomic E-state index is 0. The number of anilines is 2. The number of carbonyl (C=O) groups is 3. The van der Waals surface area contributed by atoms with E-state index < -0.39 is 0 Å². The number of nitrogens with zero attached hydrogens (tertiary/aromatic N) is 3. The first-order valence-corrected chi connectivity index (χ1v) is 17.4. The highest BCUT2D eigenvalue weighted by Crippen LogP contribution is 2.32. The number of likely N-dealkylation sites (tertiary alicyclic amines) is 1. The summed E-state index contributed by atoms with van der Waals surface area (Å²) >= 11 is 0. The SMILES string of the molecule is COc1cc(C(=O)N(C)c2ccc(C)cc2OCCCCC(C=O)N2CCC(N(C)C)CC2)ccc1NC(=O)c1ccccc1OCCCN.Cl.Cl. The molecule has 286 valence electrons. The Morgan fingerprint density at radius 3 is 2.29 bits per heavy atom. The number of methoxy groups -OCH3 is 1. The molecule has 1 unspecified atom stereocenters. The zero-order valence-corrected chi connectivity index (χ0v) is 32.6. The van der Waals surface area contributed by atoms with E-state index in [0.717, 1.165) is 57.0 Å². The van der Waals surface area contributed by atoms with Gasteiger partial charge >= 0.3 is 0 Å². The summed E-state index contributed by atoms with van der Waals surface area (Å²) in [5.74, 6) is 0.788. The predicted octanol–water partition coefficient (Wildman–Crippen LogP) is 6.25. The Morgan fingerprint density at radius 2 is 1.62 bits per heavy atom. The Balaban J connectivity index is 0.00000468. The molecule has 52 heavy (non-hydrogen) atoms. The van der Waals surface area contributed by atoms with Crippen molar-refractivity contribution in [2.75, 3.05) is 71.3 Å². The van der Waals surface area contributed by atoms with Gasteiger partial charge in [0.25, 0.3) is 11.8 Å². The second-order valence-corrected chi connectivity index (χ2v) is 13.0. The zero-order valence-electron chi connectivity index (χ0n) is 31.0. The molecule has 0 aromatic heterocycles. The number of hydrogen-bond donors (Lipinski definition) is 2. The van der Waals surface area contributed by atoms with Crippen LogP contribution in [0.2, 0.25) is 0 Å². The Labute approximate surface area is 321 Å². The van der Waals surface area contributed by atoms with Crippen molar-refractivity contribution in [3.8, 4) is 17.2 Å². The minimum atomic E-state index is -0.365. The van der Waals surface area contributed by atoms with Gasteiger partial charge < -0.3 is 39.9 Å². The molecule has 0 spiro atoms. The molecule has 0 radical (unpaired) electrons. The maximum Gasteiger partial charge on any atom is 0.259 e. The van der Waals surface area contributed by atoms with E-state index in [2.05, 4.69) is 29.2 Å². The number of aryl methyl sites for hydroxylation is 1. The fourth-order valence-corrected chi connectivity index (χ4v) is 6.19. The van der Waals surface area contributed by atoms with Crippen molar-refractivity contribution in [2.24, 2.45) is 5.73 Å². The van der Waals surface area contributed by atoms with E-state index in [-0.39, 0.29) is 42.7 Å². The summed E-state index contributed by atoms with van der Waals surface area (Å²) in [7, 11) is 7.43. The summed E-state index contributed by atoms with van der Waals surface area (Å²) in [6, 6.07) is 18.2. The molecular weight excluding hydrogens is 705 g/mol. The molecule has 0 bridgehead atoms. The molecule has 1 fully saturated rings. The number of rotatable bonds is 18. The van der Waals surface area contributed by atoms with E-state index in [1.807, 2.05) is 25.1 Å². The molecule has 1 saturated heterocycles. The van der Waals surface area contributed by atoms with Gasteiger partial charge in [0.15, 0.2) is 0 Å². The molecule has 1 aliphatic rings. The van der Waals surface area contributed by atoms with Crippen molar-refractivity contribution < 1.29 is 28.6 Å². The van der Waals surface area contributed by atoms with Crippen LogP contribution in [0.3, 0.4) is 0 Å². The number of piperidine rings is 1. The minimum Gasteiger partial charge on any atom is -0.495 e. The third-order valence-electron chi connectivity index (χ3n) is 9.22. The summed E-state index contributed by atoms with van der Waals surface area (Å²) in [6.07, 6.45) is 6.37. The second kappa shape index (κ2) is 22.3. The van der Waals surface area contributed by atoms with Crippen LogP contribution in [0.1, 0.15) is 64.8 Å². The van der Waals surface area contributed by atoms with Crippen LogP contribution in [0.25, 0.3) is 0 Å². The van der Waals surface area contributed by atoms with E-state index in [1.54, 1.807) is 54.4 Å². The summed E-state index contributed by atoms with van der Waals surface area (Å²) in [5, 5.41) is 2.88. The first-order valence-electron chi connectivity index (χ1n) is 17.4. The number of benzene rings is 3. The number of amides is 2. The van der Waals surface area contributed by atoms with Gasteiger partial charge in [-0.05, 0) is 114 Å². The van der Waals surface area contributed by atoms with Crippen molar-refractivity contribution in [3.05, 3.63) is 77.4 Å². The van der Waals surface area contributed by atoms with Gasteiger partial charge in [-0.25, -0.2) is 0 Å². The van der Waals surface area contributed by atoms with Crippen LogP contribution in [0, 0.1) is 6.92 Å². The second-order valence-electron chi connectivity index (χ2n) is 13.0. The molecule has 3 N–H and O–H groups in total. The van der Waals surface area contributed by atoms with Gasteiger partial charge in [-0.1, -0.05) is 18.2 Å². The van der Waals surface area contributed by atoms with Gasteiger partial charge in [0.2, 0.25) is 0 Å². The number of ether oxygens (including phenoxy) is 3. The third-order valence-corrected chi connectivity index (χ3v) is 9.22. The molecule has 0 aliphatic carbocycles. The topological polar surface area (TPSA) is 127 Å². The van der Waals surface area contributed by atoms with Crippen molar-refractivity contribution in [1.82, 2.24) is 9.80 Å². The molecule has 0 saturated carbocycles. The first kappa shape index (κ1) is 44.3. The number of halogens is 2. The number of carbonyl (C=O) groups excluding carboxylic acids is 3. The molecular formula is C39H55Cl2N5O6. The van der Waals surface area contributed by atoms with Crippen LogP contribution in [0.5, 0.6) is 17.2 Å². The van der Waals surface area contributed by atoms with E-state index in [9.17, 15) is 14.4 Å². The van der Waals surface area contributed by atoms with E-state index in [0.29, 0.717) is 72.0 Å². The van der Waals surface area contributed by atoms with Crippen LogP contribution in [0.4, 0.5) is 11.4 Å². The Bertz CT molecular complexity index is 1580. The largest absolute Gasteiger partial charge is 0.495 e. The number of aldehydes is 1. The van der Waals surface area contributed by atoms with Gasteiger partial charge in [-0.15, -0.1) is 24.8 Å². The summed E-state index contributed by atoms with van der Waals surface area (Å²) < 4.78 is 17.6. The Hall–Kier alpha value is -3.87. The quantitative estimate of drug-likeness (QED) is 0.114. The lowest BCUT2D eigenvalue weighted by Gasteiger charge is -2.37. The molecule has 1 aliphatic heterocycles. The highest BCUT2D eigenvalue weighted by atomic mass is 35.5. The third kappa shape index (κ3) is 12.1. The summed E-state index contributed by atoms with van der Waals surface area (Å²) in [6.45, 7) is 5.23. The predicted molar refractivity (Wildman–Crippen MR) is 212 cm³/mol. The number of para-hydroxylation sites is 1. The maximum absolute atomic E-state index is 13.7. The lowest BCUT2D eigenvalue weighted by Crippen LogP contribution is -2.46. The maximum atomic E-state index is 13.7. The number of nitrogens with one attached hydrogen (secondary N) is 1. The number of hydrogen-bond acceptors (Lipinski definition) is 9. The van der Waals surface area contributed by atoms with Gasteiger partial charge in [-0.2, -0.15) is 0 Å². The standard InChI is InChI=1S/C39H53N5O6.2ClH/c1-28-14-17-34(37(25-28)50-23-9-8-11-31(27-45)44-21-18-30(19-22-44)42(2)3)43(4)39(47)29-15-16-33(36(26-29)48-5)41-38(46)32-12-6-7-13-35(32)49-24-10-20-40;;/h6-7,12-17,25-27,30-31H,8-11,18-24,40H2,1-5H3,(H,41,46);2*1H. The highest BCUT2D eigenvalue weighted by Gasteiger charge is 2.26. The van der Waals surface area contributed by atoms with Gasteiger partial charge in [-0.3, -0.25) is 14.5 Å².